The van der Waals surface area contributed by atoms with Gasteiger partial charge in [0.1, 0.15) is 6.33 Å². The lowest BCUT2D eigenvalue weighted by Crippen LogP contribution is -1.81. The van der Waals surface area contributed by atoms with Crippen LogP contribution in [0.4, 0.5) is 0 Å². The molecule has 1 aromatic heterocycles. The van der Waals surface area contributed by atoms with Crippen molar-refractivity contribution < 1.29 is 0 Å². The smallest absolute Gasteiger partial charge is 0.115 e. The van der Waals surface area contributed by atoms with E-state index in [0.29, 0.717) is 0 Å². The summed E-state index contributed by atoms with van der Waals surface area (Å²) in [7, 11) is 0. The molecule has 1 aromatic rings. The molecule has 0 saturated carbocycles. The van der Waals surface area contributed by atoms with Crippen molar-refractivity contribution in [2.24, 2.45) is 0 Å². The minimum atomic E-state index is 0.979. The van der Waals surface area contributed by atoms with E-state index >= 15 is 0 Å². The molecule has 0 N–H and O–H groups in total. The molecule has 0 spiro atoms. The van der Waals surface area contributed by atoms with Crippen LogP contribution in [-0.2, 0) is 0 Å². The third kappa shape index (κ3) is 1.64. The number of nitrogens with zero attached hydrogens (tertiary/aromatic N) is 2. The summed E-state index contributed by atoms with van der Waals surface area (Å²) < 4.78 is 0. The molecule has 0 saturated heterocycles. The number of hydrogen-bond donors (Lipinski definition) is 0. The molecular weight excluding hydrogens is 112 g/mol. The molecule has 0 aromatic carbocycles. The Balaban J connectivity index is 2.72. The quantitative estimate of drug-likeness (QED) is 0.584. The van der Waals surface area contributed by atoms with Crippen LogP contribution in [0.5, 0.6) is 0 Å². The Bertz CT molecular complexity index is 181. The van der Waals surface area contributed by atoms with Gasteiger partial charge in [0.2, 0.25) is 0 Å². The van der Waals surface area contributed by atoms with Gasteiger partial charge >= 0.3 is 0 Å². The molecule has 1 radical (unpaired) electrons. The first-order valence-corrected chi connectivity index (χ1v) is 2.64. The van der Waals surface area contributed by atoms with Gasteiger partial charge < -0.3 is 0 Å². The standard InChI is InChI=1S/C7H7N2/c1-2-3-7-4-8-6-9-5-7/h2-6H,1H2. The zero-order chi connectivity index (χ0) is 6.53. The Hall–Kier alpha value is -1.18. The van der Waals surface area contributed by atoms with Crippen molar-refractivity contribution in [2.75, 3.05) is 0 Å². The zero-order valence-electron chi connectivity index (χ0n) is 4.99. The topological polar surface area (TPSA) is 25.8 Å². The van der Waals surface area contributed by atoms with Gasteiger partial charge in [-0.15, -0.1) is 6.58 Å². The lowest BCUT2D eigenvalue weighted by Gasteiger charge is -1.88. The number of rotatable bonds is 2. The Morgan fingerprint density at radius 1 is 1.33 bits per heavy atom. The van der Waals surface area contributed by atoms with Crippen LogP contribution in [0.15, 0.2) is 31.4 Å². The summed E-state index contributed by atoms with van der Waals surface area (Å²) in [6.45, 7) is 3.54. The molecule has 0 fully saturated rings. The van der Waals surface area contributed by atoms with E-state index in [0.717, 1.165) is 5.56 Å². The molecule has 2 nitrogen and oxygen atoms in total. The van der Waals surface area contributed by atoms with Gasteiger partial charge in [-0.2, -0.15) is 0 Å². The minimum Gasteiger partial charge on any atom is -0.245 e. The van der Waals surface area contributed by atoms with E-state index < -0.39 is 0 Å². The monoisotopic (exact) mass is 119 g/mol. The summed E-state index contributed by atoms with van der Waals surface area (Å²) in [4.78, 5) is 7.63. The molecule has 0 aliphatic heterocycles. The van der Waals surface area contributed by atoms with Gasteiger partial charge in [-0.1, -0.05) is 6.08 Å². The molecule has 0 unspecified atom stereocenters. The van der Waals surface area contributed by atoms with Gasteiger partial charge in [-0.25, -0.2) is 9.97 Å². The fourth-order valence-electron chi connectivity index (χ4n) is 0.533. The summed E-state index contributed by atoms with van der Waals surface area (Å²) in [5, 5.41) is 0. The fraction of sp³-hybridized carbons (Fsp3) is 0. The molecule has 0 aliphatic rings. The van der Waals surface area contributed by atoms with E-state index in [4.69, 9.17) is 0 Å². The molecule has 0 aliphatic carbocycles. The van der Waals surface area contributed by atoms with E-state index in [1.807, 2.05) is 6.42 Å². The summed E-state index contributed by atoms with van der Waals surface area (Å²) in [5.41, 5.74) is 0.979. The van der Waals surface area contributed by atoms with Crippen LogP contribution < -0.4 is 0 Å². The Morgan fingerprint density at radius 2 is 2.00 bits per heavy atom. The third-order valence-electron chi connectivity index (χ3n) is 0.891. The molecular formula is C7H7N2. The van der Waals surface area contributed by atoms with Crippen molar-refractivity contribution in [3.8, 4) is 0 Å². The molecule has 1 heterocycles. The Labute approximate surface area is 54.3 Å². The third-order valence-corrected chi connectivity index (χ3v) is 0.891. The second-order valence-corrected chi connectivity index (χ2v) is 1.57. The maximum Gasteiger partial charge on any atom is 0.115 e. The van der Waals surface area contributed by atoms with Crippen LogP contribution in [0, 0.1) is 6.42 Å². The SMILES string of the molecule is C=C[CH]c1cncnc1. The predicted octanol–water partition coefficient (Wildman–Crippen LogP) is 1.21. The van der Waals surface area contributed by atoms with Gasteiger partial charge in [-0.3, -0.25) is 0 Å². The number of hydrogen-bond acceptors (Lipinski definition) is 2. The second-order valence-electron chi connectivity index (χ2n) is 1.57. The summed E-state index contributed by atoms with van der Waals surface area (Å²) >= 11 is 0. The molecule has 2 heteroatoms. The van der Waals surface area contributed by atoms with Crippen molar-refractivity contribution >= 4 is 0 Å². The van der Waals surface area contributed by atoms with Crippen molar-refractivity contribution in [3.05, 3.63) is 43.4 Å². The highest BCUT2D eigenvalue weighted by Gasteiger charge is 1.84. The highest BCUT2D eigenvalue weighted by molar-refractivity contribution is 5.19. The fourth-order valence-corrected chi connectivity index (χ4v) is 0.533. The van der Waals surface area contributed by atoms with Crippen LogP contribution in [-0.4, -0.2) is 9.97 Å². The van der Waals surface area contributed by atoms with Gasteiger partial charge in [0, 0.05) is 18.8 Å². The van der Waals surface area contributed by atoms with Crippen LogP contribution in [0.25, 0.3) is 0 Å². The first-order chi connectivity index (χ1) is 4.43. The van der Waals surface area contributed by atoms with Crippen molar-refractivity contribution in [1.29, 1.82) is 0 Å². The lowest BCUT2D eigenvalue weighted by molar-refractivity contribution is 1.14. The average molecular weight is 119 g/mol. The van der Waals surface area contributed by atoms with Crippen LogP contribution >= 0.6 is 0 Å². The molecule has 45 valence electrons. The molecule has 1 rings (SSSR count). The van der Waals surface area contributed by atoms with Crippen molar-refractivity contribution in [3.63, 3.8) is 0 Å². The Kier molecular flexibility index (Phi) is 1.96. The first-order valence-electron chi connectivity index (χ1n) is 2.64. The predicted molar refractivity (Wildman–Crippen MR) is 35.6 cm³/mol. The van der Waals surface area contributed by atoms with Crippen molar-refractivity contribution in [1.82, 2.24) is 9.97 Å². The normalized spacial score (nSPS) is 8.89. The van der Waals surface area contributed by atoms with Crippen LogP contribution in [0.3, 0.4) is 0 Å². The molecule has 0 atom stereocenters. The van der Waals surface area contributed by atoms with Crippen LogP contribution in [0.2, 0.25) is 0 Å². The zero-order valence-corrected chi connectivity index (χ0v) is 4.99. The highest BCUT2D eigenvalue weighted by Crippen LogP contribution is 1.95. The largest absolute Gasteiger partial charge is 0.245 e. The van der Waals surface area contributed by atoms with Gasteiger partial charge in [0.15, 0.2) is 0 Å². The number of allylic oxidation sites excluding steroid dienone is 1. The van der Waals surface area contributed by atoms with Gasteiger partial charge in [-0.05, 0) is 5.56 Å². The van der Waals surface area contributed by atoms with Gasteiger partial charge in [0.05, 0.1) is 0 Å². The molecule has 0 bridgehead atoms. The van der Waals surface area contributed by atoms with E-state index in [1.54, 1.807) is 18.5 Å². The van der Waals surface area contributed by atoms with Gasteiger partial charge in [0.25, 0.3) is 0 Å². The summed E-state index contributed by atoms with van der Waals surface area (Å²) in [5.74, 6) is 0. The van der Waals surface area contributed by atoms with E-state index in [1.165, 1.54) is 6.33 Å². The van der Waals surface area contributed by atoms with E-state index in [9.17, 15) is 0 Å². The molecule has 9 heavy (non-hydrogen) atoms. The van der Waals surface area contributed by atoms with Crippen LogP contribution in [0.1, 0.15) is 5.56 Å². The molecule has 0 amide bonds. The Morgan fingerprint density at radius 3 is 2.56 bits per heavy atom. The first kappa shape index (κ1) is 5.95. The van der Waals surface area contributed by atoms with E-state index in [-0.39, 0.29) is 0 Å². The summed E-state index contributed by atoms with van der Waals surface area (Å²) in [6, 6.07) is 0. The van der Waals surface area contributed by atoms with Crippen molar-refractivity contribution in [2.45, 2.75) is 0 Å². The summed E-state index contributed by atoms with van der Waals surface area (Å²) in [6.07, 6.45) is 8.52. The maximum absolute atomic E-state index is 3.81. The minimum absolute atomic E-state index is 0.979. The maximum atomic E-state index is 3.81. The lowest BCUT2D eigenvalue weighted by atomic mass is 10.2. The van der Waals surface area contributed by atoms with E-state index in [2.05, 4.69) is 16.5 Å². The highest BCUT2D eigenvalue weighted by atomic mass is 14.8. The second kappa shape index (κ2) is 2.97. The number of aromatic nitrogens is 2. The average Bonchev–Trinajstić information content (AvgIpc) is 1.91.